The summed E-state index contributed by atoms with van der Waals surface area (Å²) in [7, 11) is 0. The zero-order valence-electron chi connectivity index (χ0n) is 14.9. The molecule has 0 bridgehead atoms. The van der Waals surface area contributed by atoms with Crippen molar-refractivity contribution in [2.75, 3.05) is 19.7 Å². The molecule has 0 saturated carbocycles. The van der Waals surface area contributed by atoms with E-state index < -0.39 is 0 Å². The number of benzene rings is 2. The molecule has 0 aromatic heterocycles. The van der Waals surface area contributed by atoms with Gasteiger partial charge in [0.15, 0.2) is 0 Å². The molecule has 0 fully saturated rings. The molecule has 0 aliphatic carbocycles. The second kappa shape index (κ2) is 8.87. The predicted octanol–water partition coefficient (Wildman–Crippen LogP) is 2.54. The summed E-state index contributed by atoms with van der Waals surface area (Å²) in [6, 6.07) is 13.3. The highest BCUT2D eigenvalue weighted by Gasteiger charge is 2.08. The Morgan fingerprint density at radius 2 is 1.52 bits per heavy atom. The van der Waals surface area contributed by atoms with E-state index in [1.165, 1.54) is 5.56 Å². The summed E-state index contributed by atoms with van der Waals surface area (Å²) in [5.74, 6) is 0.269. The predicted molar refractivity (Wildman–Crippen MR) is 97.9 cm³/mol. The molecule has 2 aromatic rings. The van der Waals surface area contributed by atoms with Crippen LogP contribution in [0.3, 0.4) is 0 Å². The van der Waals surface area contributed by atoms with Crippen LogP contribution in [-0.2, 0) is 4.79 Å². The molecular formula is C20H24N2O3. The Bertz CT molecular complexity index is 719. The van der Waals surface area contributed by atoms with Gasteiger partial charge in [-0.25, -0.2) is 0 Å². The molecule has 25 heavy (non-hydrogen) atoms. The maximum Gasteiger partial charge on any atom is 0.251 e. The van der Waals surface area contributed by atoms with Crippen LogP contribution >= 0.6 is 0 Å². The third kappa shape index (κ3) is 6.30. The van der Waals surface area contributed by atoms with Gasteiger partial charge in [-0.1, -0.05) is 34.9 Å². The normalized spacial score (nSPS) is 10.2. The van der Waals surface area contributed by atoms with Gasteiger partial charge in [0.05, 0.1) is 13.1 Å². The maximum atomic E-state index is 12.1. The van der Waals surface area contributed by atoms with E-state index in [-0.39, 0.29) is 18.4 Å². The number of carbonyl (C=O) groups excluding carboxylic acids is 2. The molecule has 0 unspecified atom stereocenters. The zero-order valence-corrected chi connectivity index (χ0v) is 14.9. The van der Waals surface area contributed by atoms with E-state index in [4.69, 9.17) is 4.74 Å². The molecule has 0 aliphatic heterocycles. The van der Waals surface area contributed by atoms with E-state index in [9.17, 15) is 9.59 Å². The van der Waals surface area contributed by atoms with E-state index >= 15 is 0 Å². The first-order valence-corrected chi connectivity index (χ1v) is 8.27. The Morgan fingerprint density at radius 1 is 0.880 bits per heavy atom. The third-order valence-electron chi connectivity index (χ3n) is 3.61. The minimum absolute atomic E-state index is 0.0592. The SMILES string of the molecule is Cc1ccc(OCCNC(=O)CNC(=O)c2cc(C)cc(C)c2)cc1. The monoisotopic (exact) mass is 340 g/mol. The van der Waals surface area contributed by atoms with Crippen LogP contribution in [0.15, 0.2) is 42.5 Å². The van der Waals surface area contributed by atoms with Crippen LogP contribution in [0.1, 0.15) is 27.0 Å². The van der Waals surface area contributed by atoms with E-state index in [1.54, 1.807) is 12.1 Å². The van der Waals surface area contributed by atoms with Crippen LogP contribution < -0.4 is 15.4 Å². The third-order valence-corrected chi connectivity index (χ3v) is 3.61. The van der Waals surface area contributed by atoms with Gasteiger partial charge in [0.1, 0.15) is 12.4 Å². The lowest BCUT2D eigenvalue weighted by Gasteiger charge is -2.09. The summed E-state index contributed by atoms with van der Waals surface area (Å²) in [5, 5.41) is 5.34. The van der Waals surface area contributed by atoms with Gasteiger partial charge in [-0.2, -0.15) is 0 Å². The van der Waals surface area contributed by atoms with Crippen molar-refractivity contribution in [3.05, 3.63) is 64.7 Å². The molecule has 5 heteroatoms. The standard InChI is InChI=1S/C20H24N2O3/c1-14-4-6-18(7-5-14)25-9-8-21-19(23)13-22-20(24)17-11-15(2)10-16(3)12-17/h4-7,10-12H,8-9,13H2,1-3H3,(H,21,23)(H,22,24). The lowest BCUT2D eigenvalue weighted by Crippen LogP contribution is -2.38. The number of nitrogens with one attached hydrogen (secondary N) is 2. The summed E-state index contributed by atoms with van der Waals surface area (Å²) in [4.78, 5) is 23.9. The summed E-state index contributed by atoms with van der Waals surface area (Å²) < 4.78 is 5.53. The molecule has 132 valence electrons. The number of rotatable bonds is 7. The number of hydrogen-bond donors (Lipinski definition) is 2. The topological polar surface area (TPSA) is 67.4 Å². The highest BCUT2D eigenvalue weighted by atomic mass is 16.5. The molecule has 2 amide bonds. The molecule has 2 aromatic carbocycles. The molecular weight excluding hydrogens is 316 g/mol. The van der Waals surface area contributed by atoms with Gasteiger partial charge in [0.25, 0.3) is 5.91 Å². The Balaban J connectivity index is 1.68. The van der Waals surface area contributed by atoms with E-state index in [0.29, 0.717) is 18.7 Å². The van der Waals surface area contributed by atoms with E-state index in [1.807, 2.05) is 51.1 Å². The van der Waals surface area contributed by atoms with Gasteiger partial charge in [0.2, 0.25) is 5.91 Å². The van der Waals surface area contributed by atoms with Crippen molar-refractivity contribution in [1.29, 1.82) is 0 Å². The summed E-state index contributed by atoms with van der Waals surface area (Å²) in [6.45, 7) is 6.58. The van der Waals surface area contributed by atoms with Crippen LogP contribution in [0.25, 0.3) is 0 Å². The molecule has 0 spiro atoms. The molecule has 0 atom stereocenters. The lowest BCUT2D eigenvalue weighted by molar-refractivity contribution is -0.120. The highest BCUT2D eigenvalue weighted by molar-refractivity contribution is 5.96. The van der Waals surface area contributed by atoms with Crippen molar-refractivity contribution < 1.29 is 14.3 Å². The van der Waals surface area contributed by atoms with Gasteiger partial charge < -0.3 is 15.4 Å². The molecule has 0 radical (unpaired) electrons. The fourth-order valence-electron chi connectivity index (χ4n) is 2.42. The lowest BCUT2D eigenvalue weighted by atomic mass is 10.1. The number of aryl methyl sites for hydroxylation is 3. The quantitative estimate of drug-likeness (QED) is 0.761. The Kier molecular flexibility index (Phi) is 6.57. The van der Waals surface area contributed by atoms with Gasteiger partial charge >= 0.3 is 0 Å². The fraction of sp³-hybridized carbons (Fsp3) is 0.300. The molecule has 2 rings (SSSR count). The maximum absolute atomic E-state index is 12.1. The molecule has 5 nitrogen and oxygen atoms in total. The minimum atomic E-state index is -0.252. The van der Waals surface area contributed by atoms with Gasteiger partial charge in [-0.3, -0.25) is 9.59 Å². The first-order chi connectivity index (χ1) is 11.9. The van der Waals surface area contributed by atoms with Gasteiger partial charge in [-0.05, 0) is 45.0 Å². The number of carbonyl (C=O) groups is 2. The molecule has 0 aliphatic rings. The second-order valence-corrected chi connectivity index (χ2v) is 6.07. The van der Waals surface area contributed by atoms with Crippen LogP contribution in [0.2, 0.25) is 0 Å². The number of ether oxygens (including phenoxy) is 1. The first-order valence-electron chi connectivity index (χ1n) is 8.27. The van der Waals surface area contributed by atoms with Crippen molar-refractivity contribution in [3.8, 4) is 5.75 Å². The van der Waals surface area contributed by atoms with E-state index in [2.05, 4.69) is 10.6 Å². The Labute approximate surface area is 148 Å². The fourth-order valence-corrected chi connectivity index (χ4v) is 2.42. The summed E-state index contributed by atoms with van der Waals surface area (Å²) in [6.07, 6.45) is 0. The van der Waals surface area contributed by atoms with E-state index in [0.717, 1.165) is 16.9 Å². The molecule has 2 N–H and O–H groups in total. The van der Waals surface area contributed by atoms with Crippen molar-refractivity contribution in [1.82, 2.24) is 10.6 Å². The van der Waals surface area contributed by atoms with Crippen LogP contribution in [0.4, 0.5) is 0 Å². The van der Waals surface area contributed by atoms with Crippen LogP contribution in [0.5, 0.6) is 5.75 Å². The summed E-state index contributed by atoms with van der Waals surface area (Å²) in [5.41, 5.74) is 3.76. The van der Waals surface area contributed by atoms with Gasteiger partial charge in [-0.15, -0.1) is 0 Å². The van der Waals surface area contributed by atoms with Gasteiger partial charge in [0, 0.05) is 5.56 Å². The van der Waals surface area contributed by atoms with Crippen LogP contribution in [-0.4, -0.2) is 31.5 Å². The minimum Gasteiger partial charge on any atom is -0.492 e. The van der Waals surface area contributed by atoms with Crippen molar-refractivity contribution in [2.24, 2.45) is 0 Å². The van der Waals surface area contributed by atoms with Crippen molar-refractivity contribution >= 4 is 11.8 Å². The Morgan fingerprint density at radius 3 is 2.16 bits per heavy atom. The largest absolute Gasteiger partial charge is 0.492 e. The molecule has 0 heterocycles. The van der Waals surface area contributed by atoms with Crippen molar-refractivity contribution in [3.63, 3.8) is 0 Å². The Hall–Kier alpha value is -2.82. The second-order valence-electron chi connectivity index (χ2n) is 6.07. The highest BCUT2D eigenvalue weighted by Crippen LogP contribution is 2.11. The smallest absolute Gasteiger partial charge is 0.251 e. The first kappa shape index (κ1) is 18.5. The number of amides is 2. The zero-order chi connectivity index (χ0) is 18.2. The van der Waals surface area contributed by atoms with Crippen molar-refractivity contribution in [2.45, 2.75) is 20.8 Å². The average molecular weight is 340 g/mol. The van der Waals surface area contributed by atoms with Crippen LogP contribution in [0, 0.1) is 20.8 Å². The summed E-state index contributed by atoms with van der Waals surface area (Å²) >= 11 is 0. The molecule has 0 saturated heterocycles. The number of hydrogen-bond acceptors (Lipinski definition) is 3. The average Bonchev–Trinajstić information content (AvgIpc) is 2.57.